The van der Waals surface area contributed by atoms with E-state index in [1.807, 2.05) is 30.0 Å². The molecule has 3 aliphatic carbocycles. The van der Waals surface area contributed by atoms with E-state index in [1.54, 1.807) is 26.5 Å². The molecule has 0 spiro atoms. The van der Waals surface area contributed by atoms with Crippen molar-refractivity contribution >= 4 is 17.8 Å². The second kappa shape index (κ2) is 15.1. The van der Waals surface area contributed by atoms with Crippen molar-refractivity contribution in [2.45, 2.75) is 96.0 Å². The molecule has 1 unspecified atom stereocenters. The number of hydrogen-bond acceptors (Lipinski definition) is 8. The quantitative estimate of drug-likeness (QED) is 0.215. The maximum absolute atomic E-state index is 14.4. The van der Waals surface area contributed by atoms with Gasteiger partial charge in [0, 0.05) is 54.8 Å². The minimum Gasteiger partial charge on any atom is -0.495 e. The molecule has 0 aromatic carbocycles. The molecule has 258 valence electrons. The van der Waals surface area contributed by atoms with Crippen LogP contribution in [0.5, 0.6) is 5.75 Å². The predicted octanol–water partition coefficient (Wildman–Crippen LogP) is 6.80. The molecule has 2 amide bonds. The maximum Gasteiger partial charge on any atom is 0.407 e. The molecular weight excluding hydrogens is 610 g/mol. The summed E-state index contributed by atoms with van der Waals surface area (Å²) in [5.74, 6) is 3.46. The molecule has 2 N–H and O–H groups in total. The van der Waals surface area contributed by atoms with E-state index in [0.29, 0.717) is 49.5 Å². The van der Waals surface area contributed by atoms with Gasteiger partial charge in [-0.3, -0.25) is 14.7 Å². The number of aliphatic hydroxyl groups is 1. The Hall–Kier alpha value is -3.99. The standard InChI is InChI=1S/C37H49N5O6/c1-23(43)19-41(37(45)46)20-25-6-10-29(11-7-25)36(44)42(34-18-30(16-17-38-34)32-22-48-35(40-32)28-12-13-28)21-26-4-8-27(9-5-26)31-14-15-33(47-3)24(2)39-31/h14-18,22-23,25-29,43H,4-13,19-21H2,1-3H3,(H,45,46). The molecule has 0 bridgehead atoms. The van der Waals surface area contributed by atoms with Gasteiger partial charge in [-0.05, 0) is 114 Å². The maximum atomic E-state index is 14.4. The van der Waals surface area contributed by atoms with Gasteiger partial charge in [0.05, 0.1) is 18.9 Å². The zero-order valence-electron chi connectivity index (χ0n) is 28.4. The first kappa shape index (κ1) is 33.9. The minimum absolute atomic E-state index is 0.0885. The summed E-state index contributed by atoms with van der Waals surface area (Å²) in [4.78, 5) is 43.6. The van der Waals surface area contributed by atoms with Crippen LogP contribution in [-0.2, 0) is 4.79 Å². The summed E-state index contributed by atoms with van der Waals surface area (Å²) >= 11 is 0. The number of pyridine rings is 2. The first-order chi connectivity index (χ1) is 23.2. The molecule has 48 heavy (non-hydrogen) atoms. The van der Waals surface area contributed by atoms with Gasteiger partial charge in [-0.15, -0.1) is 0 Å². The Morgan fingerprint density at radius 2 is 1.65 bits per heavy atom. The summed E-state index contributed by atoms with van der Waals surface area (Å²) in [6.45, 7) is 4.65. The number of carbonyl (C=O) groups excluding carboxylic acids is 1. The highest BCUT2D eigenvalue weighted by Gasteiger charge is 2.35. The Morgan fingerprint density at radius 1 is 0.958 bits per heavy atom. The number of methoxy groups -OCH3 is 1. The second-order valence-corrected chi connectivity index (χ2v) is 14.2. The Morgan fingerprint density at radius 3 is 2.29 bits per heavy atom. The third kappa shape index (κ3) is 8.17. The Kier molecular flexibility index (Phi) is 10.6. The van der Waals surface area contributed by atoms with Gasteiger partial charge in [0.25, 0.3) is 0 Å². The zero-order chi connectivity index (χ0) is 33.8. The van der Waals surface area contributed by atoms with Crippen LogP contribution in [0.1, 0.15) is 100 Å². The lowest BCUT2D eigenvalue weighted by atomic mass is 9.79. The van der Waals surface area contributed by atoms with Crippen molar-refractivity contribution in [3.05, 3.63) is 54.0 Å². The molecule has 3 heterocycles. The molecule has 11 nitrogen and oxygen atoms in total. The lowest BCUT2D eigenvalue weighted by molar-refractivity contribution is -0.123. The van der Waals surface area contributed by atoms with Gasteiger partial charge in [-0.25, -0.2) is 14.8 Å². The number of aromatic nitrogens is 3. The third-order valence-corrected chi connectivity index (χ3v) is 10.4. The number of carboxylic acid groups (broad SMARTS) is 1. The number of aryl methyl sites for hydroxylation is 1. The van der Waals surface area contributed by atoms with Crippen LogP contribution >= 0.6 is 0 Å². The number of rotatable bonds is 12. The lowest BCUT2D eigenvalue weighted by Crippen LogP contribution is -2.43. The van der Waals surface area contributed by atoms with Crippen LogP contribution in [0.3, 0.4) is 0 Å². The van der Waals surface area contributed by atoms with Gasteiger partial charge in [0.15, 0.2) is 5.89 Å². The van der Waals surface area contributed by atoms with Gasteiger partial charge in [0.1, 0.15) is 23.5 Å². The fraction of sp³-hybridized carbons (Fsp3) is 0.595. The number of aliphatic hydroxyl groups excluding tert-OH is 1. The van der Waals surface area contributed by atoms with E-state index in [4.69, 9.17) is 24.1 Å². The highest BCUT2D eigenvalue weighted by molar-refractivity contribution is 5.94. The zero-order valence-corrected chi connectivity index (χ0v) is 28.4. The Labute approximate surface area is 282 Å². The van der Waals surface area contributed by atoms with Crippen molar-refractivity contribution in [3.63, 3.8) is 0 Å². The molecule has 3 saturated carbocycles. The van der Waals surface area contributed by atoms with Crippen molar-refractivity contribution in [1.82, 2.24) is 19.9 Å². The average molecular weight is 660 g/mol. The summed E-state index contributed by atoms with van der Waals surface area (Å²) < 4.78 is 11.2. The number of amides is 2. The molecule has 0 aliphatic heterocycles. The van der Waals surface area contributed by atoms with Crippen LogP contribution in [0.2, 0.25) is 0 Å². The van der Waals surface area contributed by atoms with Crippen molar-refractivity contribution < 1.29 is 29.0 Å². The van der Waals surface area contributed by atoms with Crippen LogP contribution in [0.25, 0.3) is 11.3 Å². The topological polar surface area (TPSA) is 142 Å². The molecule has 1 atom stereocenters. The summed E-state index contributed by atoms with van der Waals surface area (Å²) in [6.07, 6.45) is 10.9. The van der Waals surface area contributed by atoms with Gasteiger partial charge in [-0.1, -0.05) is 0 Å². The highest BCUT2D eigenvalue weighted by atomic mass is 16.5. The Bertz CT molecular complexity index is 1560. The van der Waals surface area contributed by atoms with Gasteiger partial charge in [-0.2, -0.15) is 0 Å². The van der Waals surface area contributed by atoms with Crippen LogP contribution < -0.4 is 9.64 Å². The van der Waals surface area contributed by atoms with E-state index in [2.05, 4.69) is 6.07 Å². The molecule has 3 aliphatic rings. The van der Waals surface area contributed by atoms with E-state index in [9.17, 15) is 19.8 Å². The summed E-state index contributed by atoms with van der Waals surface area (Å²) in [6, 6.07) is 7.97. The largest absolute Gasteiger partial charge is 0.495 e. The molecule has 0 radical (unpaired) electrons. The molecule has 6 rings (SSSR count). The van der Waals surface area contributed by atoms with Crippen molar-refractivity contribution in [2.75, 3.05) is 31.6 Å². The lowest BCUT2D eigenvalue weighted by Gasteiger charge is -2.36. The molecule has 11 heteroatoms. The number of oxazole rings is 1. The molecular formula is C37H49N5O6. The number of hydrogen-bond donors (Lipinski definition) is 2. The number of anilines is 1. The number of ether oxygens (including phenoxy) is 1. The minimum atomic E-state index is -1.02. The summed E-state index contributed by atoms with van der Waals surface area (Å²) in [5.41, 5.74) is 3.66. The van der Waals surface area contributed by atoms with Crippen molar-refractivity contribution in [3.8, 4) is 17.0 Å². The predicted molar refractivity (Wildman–Crippen MR) is 181 cm³/mol. The normalized spacial score (nSPS) is 23.3. The SMILES string of the molecule is COc1ccc(C2CCC(CN(C(=O)C3CCC(CN(CC(C)O)C(=O)O)CC3)c3cc(-c4coc(C5CC5)n4)ccn3)CC2)nc1C. The number of nitrogens with zero attached hydrogens (tertiary/aromatic N) is 5. The Balaban J connectivity index is 1.16. The molecule has 3 aromatic rings. The van der Waals surface area contributed by atoms with Crippen molar-refractivity contribution in [1.29, 1.82) is 0 Å². The van der Waals surface area contributed by atoms with Crippen LogP contribution in [-0.4, -0.2) is 74.9 Å². The fourth-order valence-electron chi connectivity index (χ4n) is 7.54. The smallest absolute Gasteiger partial charge is 0.407 e. The molecule has 0 saturated heterocycles. The van der Waals surface area contributed by atoms with E-state index < -0.39 is 12.2 Å². The first-order valence-electron chi connectivity index (χ1n) is 17.6. The van der Waals surface area contributed by atoms with Gasteiger partial charge in [0.2, 0.25) is 5.91 Å². The second-order valence-electron chi connectivity index (χ2n) is 14.2. The fourth-order valence-corrected chi connectivity index (χ4v) is 7.54. The number of carbonyl (C=O) groups is 2. The van der Waals surface area contributed by atoms with Gasteiger partial charge < -0.3 is 24.3 Å². The first-order valence-corrected chi connectivity index (χ1v) is 17.6. The van der Waals surface area contributed by atoms with E-state index in [1.165, 1.54) is 4.90 Å². The average Bonchev–Trinajstić information content (AvgIpc) is 3.82. The summed E-state index contributed by atoms with van der Waals surface area (Å²) in [7, 11) is 1.67. The van der Waals surface area contributed by atoms with Gasteiger partial charge >= 0.3 is 6.09 Å². The highest BCUT2D eigenvalue weighted by Crippen LogP contribution is 2.41. The van der Waals surface area contributed by atoms with E-state index >= 15 is 0 Å². The molecule has 3 fully saturated rings. The monoisotopic (exact) mass is 659 g/mol. The van der Waals surface area contributed by atoms with Crippen molar-refractivity contribution in [2.24, 2.45) is 17.8 Å². The van der Waals surface area contributed by atoms with E-state index in [0.717, 1.165) is 85.7 Å². The summed E-state index contributed by atoms with van der Waals surface area (Å²) in [5, 5.41) is 19.4. The van der Waals surface area contributed by atoms with Crippen LogP contribution in [0.15, 0.2) is 41.1 Å². The van der Waals surface area contributed by atoms with Crippen LogP contribution in [0, 0.1) is 24.7 Å². The van der Waals surface area contributed by atoms with Crippen LogP contribution in [0.4, 0.5) is 10.6 Å². The molecule has 3 aromatic heterocycles. The third-order valence-electron chi connectivity index (χ3n) is 10.4. The van der Waals surface area contributed by atoms with E-state index in [-0.39, 0.29) is 24.3 Å².